The van der Waals surface area contributed by atoms with Gasteiger partial charge in [0.25, 0.3) is 0 Å². The van der Waals surface area contributed by atoms with E-state index in [0.29, 0.717) is 5.56 Å². The van der Waals surface area contributed by atoms with Gasteiger partial charge >= 0.3 is 0 Å². The summed E-state index contributed by atoms with van der Waals surface area (Å²) in [5, 5.41) is 8.87. The summed E-state index contributed by atoms with van der Waals surface area (Å²) in [6.07, 6.45) is 7.89. The van der Waals surface area contributed by atoms with Gasteiger partial charge in [0.2, 0.25) is 0 Å². The molecule has 144 valence electrons. The minimum atomic E-state index is -0.839. The van der Waals surface area contributed by atoms with Gasteiger partial charge in [-0.15, -0.1) is 0 Å². The van der Waals surface area contributed by atoms with Crippen LogP contribution in [0.3, 0.4) is 0 Å². The second kappa shape index (κ2) is 10.9. The maximum absolute atomic E-state index is 8.87. The second-order valence-corrected chi connectivity index (χ2v) is 14.1. The Bertz CT molecular complexity index is 708. The predicted molar refractivity (Wildman–Crippen MR) is 118 cm³/mol. The smallest absolute Gasteiger partial charge is 0.119 e. The lowest BCUT2D eigenvalue weighted by molar-refractivity contribution is 0.304. The third-order valence-electron chi connectivity index (χ3n) is 4.79. The molecule has 2 aromatic rings. The lowest BCUT2D eigenvalue weighted by Crippen LogP contribution is -2.18. The third kappa shape index (κ3) is 8.45. The monoisotopic (exact) mass is 379 g/mol. The molecule has 0 aliphatic carbocycles. The Hall–Kier alpha value is -2.05. The molecule has 0 amide bonds. The van der Waals surface area contributed by atoms with E-state index < -0.39 is 8.07 Å². The molecule has 2 nitrogen and oxygen atoms in total. The molecule has 2 aromatic carbocycles. The van der Waals surface area contributed by atoms with Gasteiger partial charge in [0.1, 0.15) is 5.75 Å². The van der Waals surface area contributed by atoms with Crippen molar-refractivity contribution < 1.29 is 4.74 Å². The first-order valence-corrected chi connectivity index (χ1v) is 13.9. The highest BCUT2D eigenvalue weighted by Gasteiger charge is 2.11. The van der Waals surface area contributed by atoms with Crippen LogP contribution in [-0.2, 0) is 0 Å². The van der Waals surface area contributed by atoms with Crippen LogP contribution in [-0.4, -0.2) is 14.7 Å². The summed E-state index contributed by atoms with van der Waals surface area (Å²) in [7, 11) is -0.839. The summed E-state index contributed by atoms with van der Waals surface area (Å²) in [4.78, 5) is 0. The first kappa shape index (κ1) is 21.2. The fraction of sp³-hybridized carbons (Fsp3) is 0.458. The summed E-state index contributed by atoms with van der Waals surface area (Å²) in [6, 6.07) is 19.5. The highest BCUT2D eigenvalue weighted by atomic mass is 28.3. The molecule has 0 fully saturated rings. The summed E-state index contributed by atoms with van der Waals surface area (Å²) < 4.78 is 5.87. The van der Waals surface area contributed by atoms with Crippen molar-refractivity contribution in [3.8, 4) is 22.9 Å². The van der Waals surface area contributed by atoms with E-state index in [-0.39, 0.29) is 0 Å². The highest BCUT2D eigenvalue weighted by molar-refractivity contribution is 6.76. The van der Waals surface area contributed by atoms with Gasteiger partial charge in [-0.3, -0.25) is 0 Å². The average molecular weight is 380 g/mol. The van der Waals surface area contributed by atoms with E-state index in [1.165, 1.54) is 38.1 Å². The topological polar surface area (TPSA) is 33.0 Å². The Morgan fingerprint density at radius 3 is 1.81 bits per heavy atom. The van der Waals surface area contributed by atoms with E-state index in [1.54, 1.807) is 0 Å². The Balaban J connectivity index is 1.61. The Morgan fingerprint density at radius 1 is 0.741 bits per heavy atom. The molecule has 0 saturated heterocycles. The quantitative estimate of drug-likeness (QED) is 0.303. The number of hydrogen-bond acceptors (Lipinski definition) is 2. The van der Waals surface area contributed by atoms with E-state index in [1.807, 2.05) is 36.4 Å². The summed E-state index contributed by atoms with van der Waals surface area (Å²) in [5.41, 5.74) is 2.95. The molecule has 0 saturated carbocycles. The molecule has 0 unspecified atom stereocenters. The highest BCUT2D eigenvalue weighted by Crippen LogP contribution is 2.23. The van der Waals surface area contributed by atoms with Gasteiger partial charge in [-0.25, -0.2) is 0 Å². The first-order chi connectivity index (χ1) is 13.0. The standard InChI is InChI=1S/C24H33NOSi/c1-27(2,3)19-9-7-5-4-6-8-18-26-24-16-14-23(15-17-24)22-12-10-21(20-25)11-13-22/h10-17H,4-9,18-19H2,1-3H3. The van der Waals surface area contributed by atoms with Crippen molar-refractivity contribution in [2.24, 2.45) is 0 Å². The van der Waals surface area contributed by atoms with Crippen LogP contribution in [0.4, 0.5) is 0 Å². The molecule has 0 aliphatic rings. The van der Waals surface area contributed by atoms with Crippen LogP contribution in [0.1, 0.15) is 44.1 Å². The molecule has 0 spiro atoms. The molecule has 0 aromatic heterocycles. The lowest BCUT2D eigenvalue weighted by Gasteiger charge is -2.14. The fourth-order valence-corrected chi connectivity index (χ4v) is 4.45. The normalized spacial score (nSPS) is 11.2. The number of benzene rings is 2. The maximum atomic E-state index is 8.87. The van der Waals surface area contributed by atoms with Crippen LogP contribution >= 0.6 is 0 Å². The van der Waals surface area contributed by atoms with Crippen LogP contribution in [0, 0.1) is 11.3 Å². The molecule has 0 heterocycles. The zero-order valence-electron chi connectivity index (χ0n) is 17.1. The van der Waals surface area contributed by atoms with Crippen molar-refractivity contribution >= 4 is 8.07 Å². The Kier molecular flexibility index (Phi) is 8.61. The van der Waals surface area contributed by atoms with Crippen molar-refractivity contribution in [1.82, 2.24) is 0 Å². The van der Waals surface area contributed by atoms with Gasteiger partial charge in [0, 0.05) is 8.07 Å². The van der Waals surface area contributed by atoms with Crippen LogP contribution in [0.15, 0.2) is 48.5 Å². The van der Waals surface area contributed by atoms with Gasteiger partial charge in [0.05, 0.1) is 18.2 Å². The molecular formula is C24H33NOSi. The fourth-order valence-electron chi connectivity index (χ4n) is 3.14. The molecule has 27 heavy (non-hydrogen) atoms. The molecule has 3 heteroatoms. The van der Waals surface area contributed by atoms with E-state index in [9.17, 15) is 0 Å². The minimum absolute atomic E-state index is 0.690. The number of nitriles is 1. The lowest BCUT2D eigenvalue weighted by atomic mass is 10.0. The SMILES string of the molecule is C[Si](C)(C)CCCCCCCCOc1ccc(-c2ccc(C#N)cc2)cc1. The van der Waals surface area contributed by atoms with Crippen LogP contribution in [0.25, 0.3) is 11.1 Å². The van der Waals surface area contributed by atoms with E-state index in [4.69, 9.17) is 10.00 Å². The summed E-state index contributed by atoms with van der Waals surface area (Å²) in [5.74, 6) is 0.933. The van der Waals surface area contributed by atoms with Crippen LogP contribution < -0.4 is 4.74 Å². The molecule has 0 N–H and O–H groups in total. The molecule has 0 atom stereocenters. The Labute approximate surface area is 166 Å². The van der Waals surface area contributed by atoms with Gasteiger partial charge in [0.15, 0.2) is 0 Å². The van der Waals surface area contributed by atoms with Gasteiger partial charge in [-0.2, -0.15) is 5.26 Å². The number of hydrogen-bond donors (Lipinski definition) is 0. The number of nitrogens with zero attached hydrogens (tertiary/aromatic N) is 1. The van der Waals surface area contributed by atoms with Crippen molar-refractivity contribution in [2.75, 3.05) is 6.61 Å². The number of rotatable bonds is 11. The number of unbranched alkanes of at least 4 members (excludes halogenated alkanes) is 5. The molecular weight excluding hydrogens is 346 g/mol. The molecule has 0 bridgehead atoms. The number of ether oxygens (including phenoxy) is 1. The van der Waals surface area contributed by atoms with Crippen molar-refractivity contribution in [1.29, 1.82) is 5.26 Å². The van der Waals surface area contributed by atoms with Gasteiger partial charge in [-0.05, 0) is 41.8 Å². The zero-order chi connectivity index (χ0) is 19.5. The third-order valence-corrected chi connectivity index (χ3v) is 6.65. The van der Waals surface area contributed by atoms with E-state index >= 15 is 0 Å². The van der Waals surface area contributed by atoms with Crippen LogP contribution in [0.5, 0.6) is 5.75 Å². The van der Waals surface area contributed by atoms with Gasteiger partial charge in [-0.1, -0.05) is 82.1 Å². The van der Waals surface area contributed by atoms with Crippen LogP contribution in [0.2, 0.25) is 25.7 Å². The average Bonchev–Trinajstić information content (AvgIpc) is 2.66. The largest absolute Gasteiger partial charge is 0.494 e. The first-order valence-electron chi connectivity index (χ1n) is 10.2. The Morgan fingerprint density at radius 2 is 1.26 bits per heavy atom. The zero-order valence-corrected chi connectivity index (χ0v) is 18.1. The molecule has 0 aliphatic heterocycles. The summed E-state index contributed by atoms with van der Waals surface area (Å²) >= 11 is 0. The van der Waals surface area contributed by atoms with Crippen molar-refractivity contribution in [3.05, 3.63) is 54.1 Å². The maximum Gasteiger partial charge on any atom is 0.119 e. The molecule has 0 radical (unpaired) electrons. The van der Waals surface area contributed by atoms with Gasteiger partial charge < -0.3 is 4.74 Å². The van der Waals surface area contributed by atoms with E-state index in [2.05, 4.69) is 37.8 Å². The minimum Gasteiger partial charge on any atom is -0.494 e. The second-order valence-electron chi connectivity index (χ2n) is 8.49. The van der Waals surface area contributed by atoms with E-state index in [0.717, 1.165) is 29.9 Å². The summed E-state index contributed by atoms with van der Waals surface area (Å²) in [6.45, 7) is 8.18. The van der Waals surface area contributed by atoms with Crippen molar-refractivity contribution in [3.63, 3.8) is 0 Å². The molecule has 2 rings (SSSR count). The predicted octanol–water partition coefficient (Wildman–Crippen LogP) is 7.28. The van der Waals surface area contributed by atoms with Crippen molar-refractivity contribution in [2.45, 2.75) is 64.2 Å².